The number of anilines is 2. The first-order valence-corrected chi connectivity index (χ1v) is 8.49. The van der Waals surface area contributed by atoms with Gasteiger partial charge in [-0.3, -0.25) is 4.72 Å². The van der Waals surface area contributed by atoms with Crippen LogP contribution in [0.3, 0.4) is 0 Å². The maximum atomic E-state index is 12.8. The van der Waals surface area contributed by atoms with Crippen LogP contribution in [0.4, 0.5) is 24.5 Å². The average molecular weight is 401 g/mol. The van der Waals surface area contributed by atoms with Gasteiger partial charge in [0.25, 0.3) is 10.0 Å². The lowest BCUT2D eigenvalue weighted by Gasteiger charge is -2.12. The van der Waals surface area contributed by atoms with Gasteiger partial charge in [-0.1, -0.05) is 15.9 Å². The minimum absolute atomic E-state index is 0.0727. The van der Waals surface area contributed by atoms with Gasteiger partial charge in [-0.2, -0.15) is 13.2 Å². The fraction of sp³-hybridized carbons (Fsp3) is 0.0909. The van der Waals surface area contributed by atoms with Crippen molar-refractivity contribution < 1.29 is 21.6 Å². The first-order chi connectivity index (χ1) is 9.59. The van der Waals surface area contributed by atoms with Gasteiger partial charge in [0.2, 0.25) is 0 Å². The molecule has 2 rings (SSSR count). The maximum absolute atomic E-state index is 12.8. The Bertz CT molecular complexity index is 772. The molecule has 0 radical (unpaired) electrons. The third-order valence-electron chi connectivity index (χ3n) is 2.38. The van der Waals surface area contributed by atoms with Crippen LogP contribution < -0.4 is 10.5 Å². The van der Waals surface area contributed by atoms with Crippen molar-refractivity contribution in [3.63, 3.8) is 0 Å². The second kappa shape index (κ2) is 5.50. The van der Waals surface area contributed by atoms with Crippen molar-refractivity contribution >= 4 is 48.7 Å². The van der Waals surface area contributed by atoms with Gasteiger partial charge in [0.15, 0.2) is 0 Å². The SMILES string of the molecule is Nc1csc(S(=O)(=O)Nc2ccc(Br)c(C(F)(F)F)c2)c1. The predicted octanol–water partition coefficient (Wildman–Crippen LogP) is 3.91. The van der Waals surface area contributed by atoms with Gasteiger partial charge < -0.3 is 5.73 Å². The van der Waals surface area contributed by atoms with E-state index in [0.717, 1.165) is 23.5 Å². The molecule has 3 N–H and O–H groups in total. The molecule has 0 atom stereocenters. The second-order valence-electron chi connectivity index (χ2n) is 4.00. The highest BCUT2D eigenvalue weighted by Gasteiger charge is 2.33. The summed E-state index contributed by atoms with van der Waals surface area (Å²) in [5.74, 6) is 0. The molecule has 21 heavy (non-hydrogen) atoms. The zero-order valence-electron chi connectivity index (χ0n) is 10.1. The molecule has 1 aromatic heterocycles. The molecule has 114 valence electrons. The van der Waals surface area contributed by atoms with Crippen molar-refractivity contribution in [3.05, 3.63) is 39.7 Å². The van der Waals surface area contributed by atoms with Crippen LogP contribution in [-0.4, -0.2) is 8.42 Å². The molecular formula is C11H8BrF3N2O2S2. The largest absolute Gasteiger partial charge is 0.417 e. The number of hydrogen-bond acceptors (Lipinski definition) is 4. The number of sulfonamides is 1. The molecule has 0 aliphatic heterocycles. The molecule has 0 saturated carbocycles. The molecule has 0 aliphatic carbocycles. The Morgan fingerprint density at radius 1 is 1.24 bits per heavy atom. The highest BCUT2D eigenvalue weighted by Crippen LogP contribution is 2.37. The van der Waals surface area contributed by atoms with Crippen molar-refractivity contribution in [2.45, 2.75) is 10.4 Å². The number of rotatable bonds is 3. The molecule has 0 aliphatic rings. The number of benzene rings is 1. The fourth-order valence-corrected chi connectivity index (χ4v) is 4.08. The van der Waals surface area contributed by atoms with Crippen LogP contribution in [0.1, 0.15) is 5.56 Å². The van der Waals surface area contributed by atoms with Gasteiger partial charge in [-0.15, -0.1) is 11.3 Å². The second-order valence-corrected chi connectivity index (χ2v) is 7.67. The summed E-state index contributed by atoms with van der Waals surface area (Å²) in [6, 6.07) is 4.31. The standard InChI is InChI=1S/C11H8BrF3N2O2S2/c12-9-2-1-7(4-8(9)11(13,14)15)17-21(18,19)10-3-6(16)5-20-10/h1-5,17H,16H2. The lowest BCUT2D eigenvalue weighted by molar-refractivity contribution is -0.138. The number of hydrogen-bond donors (Lipinski definition) is 2. The number of nitrogens with one attached hydrogen (secondary N) is 1. The number of halogens is 4. The zero-order chi connectivity index (χ0) is 15.8. The van der Waals surface area contributed by atoms with Crippen LogP contribution in [-0.2, 0) is 16.2 Å². The molecule has 0 bridgehead atoms. The summed E-state index contributed by atoms with van der Waals surface area (Å²) in [7, 11) is -3.96. The summed E-state index contributed by atoms with van der Waals surface area (Å²) < 4.78 is 64.2. The van der Waals surface area contributed by atoms with Crippen molar-refractivity contribution in [1.82, 2.24) is 0 Å². The van der Waals surface area contributed by atoms with E-state index in [9.17, 15) is 21.6 Å². The van der Waals surface area contributed by atoms with Crippen LogP contribution in [0.2, 0.25) is 0 Å². The Hall–Kier alpha value is -1.26. The van der Waals surface area contributed by atoms with E-state index in [1.54, 1.807) is 0 Å². The Morgan fingerprint density at radius 2 is 1.90 bits per heavy atom. The van der Waals surface area contributed by atoms with Crippen LogP contribution in [0.25, 0.3) is 0 Å². The number of nitrogen functional groups attached to an aromatic ring is 1. The van der Waals surface area contributed by atoms with Crippen LogP contribution in [0, 0.1) is 0 Å². The summed E-state index contributed by atoms with van der Waals surface area (Å²) in [6.45, 7) is 0. The average Bonchev–Trinajstić information content (AvgIpc) is 2.77. The van der Waals surface area contributed by atoms with E-state index < -0.39 is 21.8 Å². The fourth-order valence-electron chi connectivity index (χ4n) is 1.48. The molecule has 0 spiro atoms. The van der Waals surface area contributed by atoms with Gasteiger partial charge in [0.05, 0.1) is 5.56 Å². The minimum Gasteiger partial charge on any atom is -0.398 e. The molecule has 1 aromatic carbocycles. The molecule has 0 saturated heterocycles. The molecule has 0 fully saturated rings. The molecule has 10 heteroatoms. The highest BCUT2D eigenvalue weighted by atomic mass is 79.9. The first-order valence-electron chi connectivity index (χ1n) is 5.33. The van der Waals surface area contributed by atoms with Gasteiger partial charge in [-0.25, -0.2) is 8.42 Å². The number of alkyl halides is 3. The van der Waals surface area contributed by atoms with E-state index in [1.165, 1.54) is 17.5 Å². The van der Waals surface area contributed by atoms with E-state index in [1.807, 2.05) is 0 Å². The lowest BCUT2D eigenvalue weighted by atomic mass is 10.2. The smallest absolute Gasteiger partial charge is 0.398 e. The van der Waals surface area contributed by atoms with E-state index in [-0.39, 0.29) is 20.1 Å². The van der Waals surface area contributed by atoms with Crippen molar-refractivity contribution in [3.8, 4) is 0 Å². The Labute approximate surface area is 131 Å². The van der Waals surface area contributed by atoms with Crippen LogP contribution in [0.15, 0.2) is 38.3 Å². The highest BCUT2D eigenvalue weighted by molar-refractivity contribution is 9.10. The van der Waals surface area contributed by atoms with Gasteiger partial charge >= 0.3 is 6.18 Å². The third kappa shape index (κ3) is 3.69. The zero-order valence-corrected chi connectivity index (χ0v) is 13.3. The van der Waals surface area contributed by atoms with Crippen molar-refractivity contribution in [1.29, 1.82) is 0 Å². The quantitative estimate of drug-likeness (QED) is 0.819. The topological polar surface area (TPSA) is 72.2 Å². The summed E-state index contributed by atoms with van der Waals surface area (Å²) in [6.07, 6.45) is -4.59. The van der Waals surface area contributed by atoms with E-state index >= 15 is 0 Å². The first kappa shape index (κ1) is 16.1. The Balaban J connectivity index is 2.36. The molecular weight excluding hydrogens is 393 g/mol. The van der Waals surface area contributed by atoms with Crippen LogP contribution >= 0.6 is 27.3 Å². The van der Waals surface area contributed by atoms with E-state index in [4.69, 9.17) is 5.73 Å². The summed E-state index contributed by atoms with van der Waals surface area (Å²) >= 11 is 3.66. The predicted molar refractivity (Wildman–Crippen MR) is 78.7 cm³/mol. The van der Waals surface area contributed by atoms with Crippen LogP contribution in [0.5, 0.6) is 0 Å². The molecule has 0 amide bonds. The molecule has 0 unspecified atom stereocenters. The minimum atomic E-state index is -4.59. The molecule has 1 heterocycles. The van der Waals surface area contributed by atoms with Gasteiger partial charge in [-0.05, 0) is 24.3 Å². The van der Waals surface area contributed by atoms with E-state index in [2.05, 4.69) is 20.7 Å². The summed E-state index contributed by atoms with van der Waals surface area (Å²) in [5, 5.41) is 1.43. The lowest BCUT2D eigenvalue weighted by Crippen LogP contribution is -2.13. The molecule has 2 aromatic rings. The van der Waals surface area contributed by atoms with Gasteiger partial charge in [0, 0.05) is 21.2 Å². The van der Waals surface area contributed by atoms with Crippen molar-refractivity contribution in [2.24, 2.45) is 0 Å². The third-order valence-corrected chi connectivity index (χ3v) is 5.92. The normalized spacial score (nSPS) is 12.4. The van der Waals surface area contributed by atoms with Crippen molar-refractivity contribution in [2.75, 3.05) is 10.5 Å². The Kier molecular flexibility index (Phi) is 4.22. The van der Waals surface area contributed by atoms with E-state index in [0.29, 0.717) is 0 Å². The van der Waals surface area contributed by atoms with Gasteiger partial charge in [0.1, 0.15) is 4.21 Å². The number of nitrogens with two attached hydrogens (primary N) is 1. The maximum Gasteiger partial charge on any atom is 0.417 e. The Morgan fingerprint density at radius 3 is 2.43 bits per heavy atom. The monoisotopic (exact) mass is 400 g/mol. The summed E-state index contributed by atoms with van der Waals surface area (Å²) in [5.41, 5.74) is 4.56. The molecule has 4 nitrogen and oxygen atoms in total. The number of thiophene rings is 1. The summed E-state index contributed by atoms with van der Waals surface area (Å²) in [4.78, 5) is 0.